The number of carbonyl (C=O) groups excluding carboxylic acids is 3. The Hall–Kier alpha value is -2.50. The molecule has 1 unspecified atom stereocenters. The molecule has 2 saturated heterocycles. The molecule has 2 heterocycles. The highest BCUT2D eigenvalue weighted by atomic mass is 32.2. The number of carbonyl (C=O) groups is 3. The average molecular weight is 467 g/mol. The van der Waals surface area contributed by atoms with Crippen LogP contribution in [0.2, 0.25) is 0 Å². The highest BCUT2D eigenvalue weighted by Crippen LogP contribution is 2.26. The van der Waals surface area contributed by atoms with Crippen LogP contribution in [0.25, 0.3) is 0 Å². The molecule has 0 aliphatic carbocycles. The van der Waals surface area contributed by atoms with Gasteiger partial charge < -0.3 is 15.4 Å². The second-order valence-corrected chi connectivity index (χ2v) is 10.2. The molecular weight excluding hydrogens is 436 g/mol. The number of nitrogens with one attached hydrogen (secondary N) is 2. The van der Waals surface area contributed by atoms with Crippen molar-refractivity contribution in [1.29, 1.82) is 0 Å². The van der Waals surface area contributed by atoms with Crippen LogP contribution < -0.4 is 10.6 Å². The maximum absolute atomic E-state index is 13.0. The number of sulfonamides is 1. The van der Waals surface area contributed by atoms with Gasteiger partial charge in [0.1, 0.15) is 12.1 Å². The maximum Gasteiger partial charge on any atom is 0.325 e. The van der Waals surface area contributed by atoms with E-state index in [-0.39, 0.29) is 23.7 Å². The van der Waals surface area contributed by atoms with Crippen molar-refractivity contribution in [1.82, 2.24) is 14.5 Å². The van der Waals surface area contributed by atoms with Gasteiger partial charge in [0, 0.05) is 18.8 Å². The number of aryl methyl sites for hydroxylation is 1. The molecule has 0 bridgehead atoms. The van der Waals surface area contributed by atoms with Gasteiger partial charge in [-0.3, -0.25) is 14.5 Å². The monoisotopic (exact) mass is 466 g/mol. The zero-order valence-corrected chi connectivity index (χ0v) is 19.5. The first-order chi connectivity index (χ1) is 15.1. The molecule has 3 rings (SSSR count). The van der Waals surface area contributed by atoms with Gasteiger partial charge in [0.05, 0.1) is 18.1 Å². The van der Waals surface area contributed by atoms with Crippen molar-refractivity contribution in [2.45, 2.75) is 50.5 Å². The van der Waals surface area contributed by atoms with Crippen molar-refractivity contribution in [3.05, 3.63) is 23.8 Å². The molecule has 1 aromatic carbocycles. The fourth-order valence-electron chi connectivity index (χ4n) is 3.82. The van der Waals surface area contributed by atoms with Gasteiger partial charge in [-0.15, -0.1) is 0 Å². The van der Waals surface area contributed by atoms with Gasteiger partial charge in [-0.05, 0) is 38.0 Å². The Morgan fingerprint density at radius 1 is 1.25 bits per heavy atom. The molecule has 2 N–H and O–H groups in total. The van der Waals surface area contributed by atoms with Gasteiger partial charge in [-0.2, -0.15) is 4.31 Å². The largest absolute Gasteiger partial charge is 0.379 e. The zero-order chi connectivity index (χ0) is 23.5. The highest BCUT2D eigenvalue weighted by molar-refractivity contribution is 7.89. The Morgan fingerprint density at radius 2 is 1.94 bits per heavy atom. The normalized spacial score (nSPS) is 22.2. The first kappa shape index (κ1) is 24.1. The lowest BCUT2D eigenvalue weighted by molar-refractivity contribution is -0.133. The lowest BCUT2D eigenvalue weighted by atomic mass is 9.95. The minimum absolute atomic E-state index is 0.0966. The molecule has 2 aliphatic rings. The van der Waals surface area contributed by atoms with Gasteiger partial charge in [0.15, 0.2) is 0 Å². The molecule has 0 spiro atoms. The van der Waals surface area contributed by atoms with E-state index in [1.807, 2.05) is 6.92 Å². The summed E-state index contributed by atoms with van der Waals surface area (Å²) in [4.78, 5) is 38.5. The Kier molecular flexibility index (Phi) is 7.21. The van der Waals surface area contributed by atoms with Gasteiger partial charge >= 0.3 is 6.03 Å². The van der Waals surface area contributed by atoms with Crippen LogP contribution in [0.4, 0.5) is 10.5 Å². The molecule has 10 nitrogen and oxygen atoms in total. The van der Waals surface area contributed by atoms with Gasteiger partial charge in [-0.25, -0.2) is 13.2 Å². The van der Waals surface area contributed by atoms with Crippen molar-refractivity contribution in [2.75, 3.05) is 38.2 Å². The summed E-state index contributed by atoms with van der Waals surface area (Å²) >= 11 is 0. The van der Waals surface area contributed by atoms with Crippen LogP contribution in [0.1, 0.15) is 38.7 Å². The standard InChI is InChI=1S/C21H30N4O6S/c1-4-5-8-21(3)19(27)25(20(28)23-21)14-18(26)22-16-7-6-15(2)17(13-16)32(29,30)24-9-11-31-12-10-24/h6-7,13H,4-5,8-12,14H2,1-3H3,(H,22,26)(H,23,28). The summed E-state index contributed by atoms with van der Waals surface area (Å²) in [6.07, 6.45) is 2.14. The number of hydrogen-bond donors (Lipinski definition) is 2. The first-order valence-electron chi connectivity index (χ1n) is 10.7. The zero-order valence-electron chi connectivity index (χ0n) is 18.6. The quantitative estimate of drug-likeness (QED) is 0.559. The Balaban J connectivity index is 1.71. The average Bonchev–Trinajstić information content (AvgIpc) is 2.97. The van der Waals surface area contributed by atoms with E-state index >= 15 is 0 Å². The fourth-order valence-corrected chi connectivity index (χ4v) is 5.48. The number of morpholine rings is 1. The summed E-state index contributed by atoms with van der Waals surface area (Å²) in [5.74, 6) is -1.03. The second kappa shape index (κ2) is 9.55. The lowest BCUT2D eigenvalue weighted by Crippen LogP contribution is -2.44. The van der Waals surface area contributed by atoms with Crippen LogP contribution in [-0.2, 0) is 24.3 Å². The fraction of sp³-hybridized carbons (Fsp3) is 0.571. The van der Waals surface area contributed by atoms with Crippen LogP contribution in [-0.4, -0.2) is 73.9 Å². The van der Waals surface area contributed by atoms with Crippen LogP contribution in [0, 0.1) is 6.92 Å². The number of urea groups is 1. The summed E-state index contributed by atoms with van der Waals surface area (Å²) in [5.41, 5.74) is -0.195. The van der Waals surface area contributed by atoms with Gasteiger partial charge in [0.25, 0.3) is 5.91 Å². The number of hydrogen-bond acceptors (Lipinski definition) is 6. The number of ether oxygens (including phenoxy) is 1. The van der Waals surface area contributed by atoms with Crippen molar-refractivity contribution in [3.63, 3.8) is 0 Å². The van der Waals surface area contributed by atoms with E-state index in [0.717, 1.165) is 17.7 Å². The van der Waals surface area contributed by atoms with Gasteiger partial charge in [-0.1, -0.05) is 25.8 Å². The van der Waals surface area contributed by atoms with Crippen molar-refractivity contribution in [2.24, 2.45) is 0 Å². The number of benzene rings is 1. The van der Waals surface area contributed by atoms with Crippen molar-refractivity contribution < 1.29 is 27.5 Å². The minimum Gasteiger partial charge on any atom is -0.379 e. The third-order valence-electron chi connectivity index (χ3n) is 5.74. The van der Waals surface area contributed by atoms with E-state index in [9.17, 15) is 22.8 Å². The molecular formula is C21H30N4O6S. The molecule has 176 valence electrons. The highest BCUT2D eigenvalue weighted by Gasteiger charge is 2.47. The molecule has 2 fully saturated rings. The molecule has 2 aliphatic heterocycles. The summed E-state index contributed by atoms with van der Waals surface area (Å²) in [6.45, 7) is 6.07. The first-order valence-corrected chi connectivity index (χ1v) is 12.1. The smallest absolute Gasteiger partial charge is 0.325 e. The van der Waals surface area contributed by atoms with E-state index in [2.05, 4.69) is 10.6 Å². The Bertz CT molecular complexity index is 1010. The maximum atomic E-state index is 13.0. The van der Waals surface area contributed by atoms with Crippen LogP contribution in [0.15, 0.2) is 23.1 Å². The SMILES string of the molecule is CCCCC1(C)NC(=O)N(CC(=O)Nc2ccc(C)c(S(=O)(=O)N3CCOCC3)c2)C1=O. The number of imide groups is 1. The predicted molar refractivity (Wildman–Crippen MR) is 118 cm³/mol. The molecule has 32 heavy (non-hydrogen) atoms. The van der Waals surface area contributed by atoms with Crippen LogP contribution in [0.3, 0.4) is 0 Å². The molecule has 1 aromatic rings. The molecule has 0 radical (unpaired) electrons. The summed E-state index contributed by atoms with van der Waals surface area (Å²) < 4.78 is 32.6. The molecule has 4 amide bonds. The Labute approximate surface area is 188 Å². The van der Waals surface area contributed by atoms with Crippen molar-refractivity contribution >= 4 is 33.6 Å². The summed E-state index contributed by atoms with van der Waals surface area (Å²) in [5, 5.41) is 5.27. The molecule has 11 heteroatoms. The van der Waals surface area contributed by atoms with Crippen LogP contribution >= 0.6 is 0 Å². The second-order valence-electron chi connectivity index (χ2n) is 8.30. The number of rotatable bonds is 8. The minimum atomic E-state index is -3.74. The van der Waals surface area contributed by atoms with Crippen molar-refractivity contribution in [3.8, 4) is 0 Å². The molecule has 1 atom stereocenters. The van der Waals surface area contributed by atoms with E-state index in [1.165, 1.54) is 10.4 Å². The summed E-state index contributed by atoms with van der Waals surface area (Å²) in [6, 6.07) is 3.99. The van der Waals surface area contributed by atoms with E-state index in [1.54, 1.807) is 26.0 Å². The number of amides is 4. The molecule has 0 saturated carbocycles. The summed E-state index contributed by atoms with van der Waals surface area (Å²) in [7, 11) is -3.74. The van der Waals surface area contributed by atoms with E-state index in [4.69, 9.17) is 4.74 Å². The van der Waals surface area contributed by atoms with E-state index in [0.29, 0.717) is 25.2 Å². The number of anilines is 1. The van der Waals surface area contributed by atoms with Gasteiger partial charge in [0.2, 0.25) is 15.9 Å². The van der Waals surface area contributed by atoms with Crippen LogP contribution in [0.5, 0.6) is 0 Å². The topological polar surface area (TPSA) is 125 Å². The number of nitrogens with zero attached hydrogens (tertiary/aromatic N) is 2. The Morgan fingerprint density at radius 3 is 2.59 bits per heavy atom. The predicted octanol–water partition coefficient (Wildman–Crippen LogP) is 1.46. The third-order valence-corrected chi connectivity index (χ3v) is 7.78. The number of unbranched alkanes of at least 4 members (excludes halogenated alkanes) is 1. The van der Waals surface area contributed by atoms with E-state index < -0.39 is 40.0 Å². The third kappa shape index (κ3) is 4.94. The lowest BCUT2D eigenvalue weighted by Gasteiger charge is -2.27. The molecule has 0 aromatic heterocycles.